The fourth-order valence-corrected chi connectivity index (χ4v) is 4.60. The maximum Gasteiger partial charge on any atom is 0.154 e. The third-order valence-electron chi connectivity index (χ3n) is 4.03. The second-order valence-corrected chi connectivity index (χ2v) is 7.61. The Morgan fingerprint density at radius 2 is 2.16 bits per heavy atom. The number of rotatable bonds is 3. The topological polar surface area (TPSA) is 55.4 Å². The Morgan fingerprint density at radius 1 is 1.32 bits per heavy atom. The molecule has 1 N–H and O–H groups in total. The molecule has 0 spiro atoms. The SMILES string of the molecule is CNC1CCc2cc(OC3CCS(=O)(=O)C3)ccc21. The van der Waals surface area contributed by atoms with Gasteiger partial charge in [0, 0.05) is 6.04 Å². The lowest BCUT2D eigenvalue weighted by atomic mass is 10.1. The summed E-state index contributed by atoms with van der Waals surface area (Å²) in [4.78, 5) is 0. The van der Waals surface area contributed by atoms with E-state index in [2.05, 4.69) is 17.4 Å². The monoisotopic (exact) mass is 281 g/mol. The molecule has 2 unspecified atom stereocenters. The molecule has 2 atom stereocenters. The molecule has 1 aliphatic carbocycles. The van der Waals surface area contributed by atoms with Gasteiger partial charge in [-0.25, -0.2) is 8.42 Å². The number of ether oxygens (including phenoxy) is 1. The van der Waals surface area contributed by atoms with E-state index in [1.165, 1.54) is 11.1 Å². The molecular weight excluding hydrogens is 262 g/mol. The molecule has 0 saturated carbocycles. The summed E-state index contributed by atoms with van der Waals surface area (Å²) in [5, 5.41) is 3.30. The second-order valence-electron chi connectivity index (χ2n) is 5.38. The lowest BCUT2D eigenvalue weighted by molar-refractivity contribution is 0.228. The fourth-order valence-electron chi connectivity index (χ4n) is 3.01. The Bertz CT molecular complexity index is 582. The molecule has 19 heavy (non-hydrogen) atoms. The first-order chi connectivity index (χ1) is 9.07. The largest absolute Gasteiger partial charge is 0.489 e. The van der Waals surface area contributed by atoms with Crippen LogP contribution < -0.4 is 10.1 Å². The molecule has 1 aromatic carbocycles. The maximum atomic E-state index is 11.4. The van der Waals surface area contributed by atoms with Crippen molar-refractivity contribution in [2.24, 2.45) is 0 Å². The van der Waals surface area contributed by atoms with Crippen molar-refractivity contribution >= 4 is 9.84 Å². The predicted molar refractivity (Wildman–Crippen MR) is 74.3 cm³/mol. The van der Waals surface area contributed by atoms with Crippen molar-refractivity contribution in [2.75, 3.05) is 18.6 Å². The Balaban J connectivity index is 1.74. The number of hydrogen-bond acceptors (Lipinski definition) is 4. The summed E-state index contributed by atoms with van der Waals surface area (Å²) in [6.45, 7) is 0. The van der Waals surface area contributed by atoms with Crippen molar-refractivity contribution in [3.05, 3.63) is 29.3 Å². The zero-order valence-electron chi connectivity index (χ0n) is 11.1. The number of hydrogen-bond donors (Lipinski definition) is 1. The van der Waals surface area contributed by atoms with Gasteiger partial charge in [-0.1, -0.05) is 6.07 Å². The molecule has 2 aliphatic rings. The minimum atomic E-state index is -2.87. The van der Waals surface area contributed by atoms with Crippen molar-refractivity contribution in [3.63, 3.8) is 0 Å². The van der Waals surface area contributed by atoms with Crippen LogP contribution in [0.4, 0.5) is 0 Å². The van der Waals surface area contributed by atoms with Crippen LogP contribution in [0, 0.1) is 0 Å². The Labute approximate surface area is 114 Å². The van der Waals surface area contributed by atoms with Gasteiger partial charge in [-0.05, 0) is 49.6 Å². The number of aryl methyl sites for hydroxylation is 1. The minimum absolute atomic E-state index is 0.156. The first-order valence-corrected chi connectivity index (χ1v) is 8.57. The van der Waals surface area contributed by atoms with E-state index in [9.17, 15) is 8.42 Å². The van der Waals surface area contributed by atoms with E-state index in [4.69, 9.17) is 4.74 Å². The maximum absolute atomic E-state index is 11.4. The molecule has 1 aliphatic heterocycles. The van der Waals surface area contributed by atoms with E-state index in [-0.39, 0.29) is 17.6 Å². The lowest BCUT2D eigenvalue weighted by Gasteiger charge is -2.14. The molecular formula is C14H19NO3S. The van der Waals surface area contributed by atoms with Gasteiger partial charge in [-0.2, -0.15) is 0 Å². The Hall–Kier alpha value is -1.07. The van der Waals surface area contributed by atoms with Gasteiger partial charge in [0.15, 0.2) is 9.84 Å². The Kier molecular flexibility index (Phi) is 3.27. The standard InChI is InChI=1S/C14H19NO3S/c1-15-14-5-2-10-8-11(3-4-13(10)14)18-12-6-7-19(16,17)9-12/h3-4,8,12,14-15H,2,5-7,9H2,1H3. The molecule has 5 heteroatoms. The van der Waals surface area contributed by atoms with Crippen molar-refractivity contribution in [2.45, 2.75) is 31.4 Å². The van der Waals surface area contributed by atoms with Crippen molar-refractivity contribution in [1.82, 2.24) is 5.32 Å². The van der Waals surface area contributed by atoms with Gasteiger partial charge in [0.2, 0.25) is 0 Å². The average molecular weight is 281 g/mol. The minimum Gasteiger partial charge on any atom is -0.489 e. The van der Waals surface area contributed by atoms with E-state index in [0.29, 0.717) is 12.5 Å². The summed E-state index contributed by atoms with van der Waals surface area (Å²) in [6.07, 6.45) is 2.61. The van der Waals surface area contributed by atoms with E-state index >= 15 is 0 Å². The van der Waals surface area contributed by atoms with E-state index in [1.54, 1.807) is 0 Å². The van der Waals surface area contributed by atoms with Crippen LogP contribution in [-0.2, 0) is 16.3 Å². The highest BCUT2D eigenvalue weighted by atomic mass is 32.2. The lowest BCUT2D eigenvalue weighted by Crippen LogP contribution is -2.18. The zero-order valence-corrected chi connectivity index (χ0v) is 11.9. The van der Waals surface area contributed by atoms with Crippen LogP contribution in [0.15, 0.2) is 18.2 Å². The van der Waals surface area contributed by atoms with Gasteiger partial charge >= 0.3 is 0 Å². The molecule has 0 aromatic heterocycles. The molecule has 1 saturated heterocycles. The van der Waals surface area contributed by atoms with Crippen molar-refractivity contribution < 1.29 is 13.2 Å². The van der Waals surface area contributed by atoms with Crippen molar-refractivity contribution in [1.29, 1.82) is 0 Å². The van der Waals surface area contributed by atoms with Crippen LogP contribution in [0.1, 0.15) is 30.0 Å². The van der Waals surface area contributed by atoms with E-state index in [1.807, 2.05) is 13.1 Å². The molecule has 1 aromatic rings. The van der Waals surface area contributed by atoms with Crippen LogP contribution in [0.3, 0.4) is 0 Å². The summed E-state index contributed by atoms with van der Waals surface area (Å²) in [6, 6.07) is 6.56. The Morgan fingerprint density at radius 3 is 2.84 bits per heavy atom. The van der Waals surface area contributed by atoms with Gasteiger partial charge in [0.25, 0.3) is 0 Å². The number of fused-ring (bicyclic) bond motifs is 1. The van der Waals surface area contributed by atoms with E-state index in [0.717, 1.165) is 18.6 Å². The van der Waals surface area contributed by atoms with E-state index < -0.39 is 9.84 Å². The summed E-state index contributed by atoms with van der Waals surface area (Å²) in [5.41, 5.74) is 2.66. The summed E-state index contributed by atoms with van der Waals surface area (Å²) < 4.78 is 28.6. The number of nitrogens with one attached hydrogen (secondary N) is 1. The molecule has 0 radical (unpaired) electrons. The highest BCUT2D eigenvalue weighted by molar-refractivity contribution is 7.91. The van der Waals surface area contributed by atoms with Gasteiger partial charge < -0.3 is 10.1 Å². The average Bonchev–Trinajstić information content (AvgIpc) is 2.92. The van der Waals surface area contributed by atoms with Crippen molar-refractivity contribution in [3.8, 4) is 5.75 Å². The van der Waals surface area contributed by atoms with Crippen LogP contribution in [0.5, 0.6) is 5.75 Å². The molecule has 1 heterocycles. The van der Waals surface area contributed by atoms with Gasteiger partial charge in [0.05, 0.1) is 11.5 Å². The van der Waals surface area contributed by atoms with Crippen LogP contribution >= 0.6 is 0 Å². The third kappa shape index (κ3) is 2.62. The van der Waals surface area contributed by atoms with Crippen LogP contribution in [0.2, 0.25) is 0 Å². The van der Waals surface area contributed by atoms with Gasteiger partial charge in [-0.15, -0.1) is 0 Å². The summed E-state index contributed by atoms with van der Waals surface area (Å²) >= 11 is 0. The number of benzene rings is 1. The predicted octanol–water partition coefficient (Wildman–Crippen LogP) is 1.46. The molecule has 1 fully saturated rings. The first-order valence-electron chi connectivity index (χ1n) is 6.74. The smallest absolute Gasteiger partial charge is 0.154 e. The highest BCUT2D eigenvalue weighted by Crippen LogP contribution is 2.33. The molecule has 104 valence electrons. The fraction of sp³-hybridized carbons (Fsp3) is 0.571. The first kappa shape index (κ1) is 12.9. The molecule has 4 nitrogen and oxygen atoms in total. The second kappa shape index (κ2) is 4.80. The van der Waals surface area contributed by atoms with Gasteiger partial charge in [0.1, 0.15) is 11.9 Å². The molecule has 0 amide bonds. The normalized spacial score (nSPS) is 28.3. The van der Waals surface area contributed by atoms with Crippen LogP contribution in [-0.4, -0.2) is 33.1 Å². The zero-order chi connectivity index (χ0) is 13.5. The highest BCUT2D eigenvalue weighted by Gasteiger charge is 2.30. The summed E-state index contributed by atoms with van der Waals surface area (Å²) in [5.74, 6) is 1.21. The molecule has 3 rings (SSSR count). The number of sulfone groups is 1. The van der Waals surface area contributed by atoms with Gasteiger partial charge in [-0.3, -0.25) is 0 Å². The van der Waals surface area contributed by atoms with Crippen LogP contribution in [0.25, 0.3) is 0 Å². The molecule has 0 bridgehead atoms. The summed E-state index contributed by atoms with van der Waals surface area (Å²) in [7, 11) is -0.895. The third-order valence-corrected chi connectivity index (χ3v) is 5.77. The quantitative estimate of drug-likeness (QED) is 0.911.